The zero-order chi connectivity index (χ0) is 16.6. The van der Waals surface area contributed by atoms with Crippen LogP contribution in [-0.2, 0) is 27.2 Å². The van der Waals surface area contributed by atoms with Crippen LogP contribution in [0.5, 0.6) is 0 Å². The maximum Gasteiger partial charge on any atom is 0.407 e. The van der Waals surface area contributed by atoms with Gasteiger partial charge in [0.1, 0.15) is 5.60 Å². The lowest BCUT2D eigenvalue weighted by Gasteiger charge is -2.19. The molecule has 1 aromatic carbocycles. The van der Waals surface area contributed by atoms with Gasteiger partial charge in [-0.25, -0.2) is 4.79 Å². The molecule has 122 valence electrons. The van der Waals surface area contributed by atoms with Crippen LogP contribution in [0.25, 0.3) is 0 Å². The molecule has 0 aliphatic carbocycles. The molecule has 0 saturated carbocycles. The molecule has 1 aromatic rings. The van der Waals surface area contributed by atoms with Gasteiger partial charge in [-0.1, -0.05) is 24.3 Å². The second-order valence-corrected chi connectivity index (χ2v) is 5.98. The molecule has 0 spiro atoms. The molecule has 0 aliphatic heterocycles. The molecule has 5 nitrogen and oxygen atoms in total. The summed E-state index contributed by atoms with van der Waals surface area (Å²) in [6.45, 7) is 8.09. The molecule has 22 heavy (non-hydrogen) atoms. The highest BCUT2D eigenvalue weighted by Gasteiger charge is 2.15. The Morgan fingerprint density at radius 2 is 1.68 bits per heavy atom. The molecule has 0 aromatic heterocycles. The molecule has 5 heteroatoms. The average Bonchev–Trinajstić information content (AvgIpc) is 2.42. The van der Waals surface area contributed by atoms with Gasteiger partial charge in [-0.2, -0.15) is 0 Å². The first-order valence-corrected chi connectivity index (χ1v) is 7.50. The van der Waals surface area contributed by atoms with Gasteiger partial charge in [-0.05, 0) is 45.2 Å². The first-order chi connectivity index (χ1) is 10.3. The van der Waals surface area contributed by atoms with E-state index >= 15 is 0 Å². The Morgan fingerprint density at radius 1 is 1.09 bits per heavy atom. The molecule has 0 bridgehead atoms. The van der Waals surface area contributed by atoms with Crippen molar-refractivity contribution in [2.45, 2.75) is 52.7 Å². The number of amides is 1. The Morgan fingerprint density at radius 3 is 2.23 bits per heavy atom. The first-order valence-electron chi connectivity index (χ1n) is 7.50. The zero-order valence-electron chi connectivity index (χ0n) is 13.8. The number of hydrogen-bond donors (Lipinski definition) is 1. The van der Waals surface area contributed by atoms with Crippen LogP contribution in [0.4, 0.5) is 4.79 Å². The van der Waals surface area contributed by atoms with Gasteiger partial charge >= 0.3 is 12.1 Å². The van der Waals surface area contributed by atoms with Crippen LogP contribution in [0.15, 0.2) is 24.3 Å². The summed E-state index contributed by atoms with van der Waals surface area (Å²) in [7, 11) is 0. The van der Waals surface area contributed by atoms with Crippen LogP contribution in [0.2, 0.25) is 0 Å². The smallest absolute Gasteiger partial charge is 0.407 e. The third kappa shape index (κ3) is 7.67. The van der Waals surface area contributed by atoms with E-state index in [9.17, 15) is 9.59 Å². The fourth-order valence-electron chi connectivity index (χ4n) is 1.79. The zero-order valence-corrected chi connectivity index (χ0v) is 13.8. The van der Waals surface area contributed by atoms with Crippen LogP contribution in [0.1, 0.15) is 45.2 Å². The lowest BCUT2D eigenvalue weighted by molar-refractivity contribution is -0.143. The van der Waals surface area contributed by atoms with E-state index in [1.165, 1.54) is 0 Å². The molecule has 0 heterocycles. The second-order valence-electron chi connectivity index (χ2n) is 5.98. The minimum Gasteiger partial charge on any atom is -0.466 e. The minimum absolute atomic E-state index is 0.182. The van der Waals surface area contributed by atoms with Gasteiger partial charge in [-0.3, -0.25) is 4.79 Å². The lowest BCUT2D eigenvalue weighted by Crippen LogP contribution is -2.32. The van der Waals surface area contributed by atoms with Gasteiger partial charge in [0.15, 0.2) is 0 Å². The van der Waals surface area contributed by atoms with Crippen molar-refractivity contribution in [3.05, 3.63) is 35.4 Å². The Balaban J connectivity index is 2.38. The topological polar surface area (TPSA) is 64.6 Å². The predicted molar refractivity (Wildman–Crippen MR) is 84.5 cm³/mol. The number of hydrogen-bond acceptors (Lipinski definition) is 4. The highest BCUT2D eigenvalue weighted by molar-refractivity contribution is 5.69. The predicted octanol–water partition coefficient (Wildman–Crippen LogP) is 3.21. The summed E-state index contributed by atoms with van der Waals surface area (Å²) in [4.78, 5) is 22.8. The summed E-state index contributed by atoms with van der Waals surface area (Å²) in [5.74, 6) is -0.182. The van der Waals surface area contributed by atoms with Crippen molar-refractivity contribution in [1.82, 2.24) is 5.32 Å². The monoisotopic (exact) mass is 307 g/mol. The summed E-state index contributed by atoms with van der Waals surface area (Å²) >= 11 is 0. The van der Waals surface area contributed by atoms with Crippen LogP contribution in [0.3, 0.4) is 0 Å². The SMILES string of the molecule is CCOC(=O)CCc1ccc(CNC(=O)OC(C)(C)C)cc1. The van der Waals surface area contributed by atoms with E-state index in [1.54, 1.807) is 6.92 Å². The van der Waals surface area contributed by atoms with E-state index in [-0.39, 0.29) is 5.97 Å². The number of alkyl carbamates (subject to hydrolysis) is 1. The van der Waals surface area contributed by atoms with Crippen molar-refractivity contribution in [2.75, 3.05) is 6.61 Å². The van der Waals surface area contributed by atoms with Crippen molar-refractivity contribution in [2.24, 2.45) is 0 Å². The quantitative estimate of drug-likeness (QED) is 0.820. The number of aryl methyl sites for hydroxylation is 1. The number of rotatable bonds is 6. The first kappa shape index (κ1) is 18.0. The Kier molecular flexibility index (Phi) is 6.89. The normalized spacial score (nSPS) is 10.9. The van der Waals surface area contributed by atoms with E-state index in [2.05, 4.69) is 5.32 Å². The van der Waals surface area contributed by atoms with E-state index in [0.29, 0.717) is 26.0 Å². The average molecular weight is 307 g/mol. The number of esters is 1. The molecule has 0 fully saturated rings. The van der Waals surface area contributed by atoms with E-state index in [1.807, 2.05) is 45.0 Å². The third-order valence-electron chi connectivity index (χ3n) is 2.78. The number of nitrogens with one attached hydrogen (secondary N) is 1. The van der Waals surface area contributed by atoms with Gasteiger partial charge < -0.3 is 14.8 Å². The molecular formula is C17H25NO4. The number of carbonyl (C=O) groups is 2. The fraction of sp³-hybridized carbons (Fsp3) is 0.529. The number of benzene rings is 1. The molecular weight excluding hydrogens is 282 g/mol. The van der Waals surface area contributed by atoms with E-state index < -0.39 is 11.7 Å². The molecule has 0 aliphatic rings. The van der Waals surface area contributed by atoms with Crippen LogP contribution in [0, 0.1) is 0 Å². The van der Waals surface area contributed by atoms with Crippen molar-refractivity contribution in [1.29, 1.82) is 0 Å². The lowest BCUT2D eigenvalue weighted by atomic mass is 10.1. The van der Waals surface area contributed by atoms with E-state index in [0.717, 1.165) is 11.1 Å². The number of ether oxygens (including phenoxy) is 2. The summed E-state index contributed by atoms with van der Waals surface area (Å²) in [5.41, 5.74) is 1.54. The summed E-state index contributed by atoms with van der Waals surface area (Å²) in [5, 5.41) is 2.71. The van der Waals surface area contributed by atoms with Gasteiger partial charge in [0.2, 0.25) is 0 Å². The molecule has 0 atom stereocenters. The largest absolute Gasteiger partial charge is 0.466 e. The molecule has 0 unspecified atom stereocenters. The maximum absolute atomic E-state index is 11.6. The molecule has 1 amide bonds. The van der Waals surface area contributed by atoms with Crippen molar-refractivity contribution in [3.8, 4) is 0 Å². The van der Waals surface area contributed by atoms with Gasteiger partial charge in [0.05, 0.1) is 6.61 Å². The standard InChI is InChI=1S/C17H25NO4/c1-5-21-15(19)11-10-13-6-8-14(9-7-13)12-18-16(20)22-17(2,3)4/h6-9H,5,10-12H2,1-4H3,(H,18,20). The van der Waals surface area contributed by atoms with Crippen molar-refractivity contribution < 1.29 is 19.1 Å². The summed E-state index contributed by atoms with van der Waals surface area (Å²) in [6.07, 6.45) is 0.598. The third-order valence-corrected chi connectivity index (χ3v) is 2.78. The van der Waals surface area contributed by atoms with Crippen LogP contribution < -0.4 is 5.32 Å². The van der Waals surface area contributed by atoms with Crippen LogP contribution >= 0.6 is 0 Å². The van der Waals surface area contributed by atoms with Crippen molar-refractivity contribution >= 4 is 12.1 Å². The van der Waals surface area contributed by atoms with Gasteiger partial charge in [-0.15, -0.1) is 0 Å². The van der Waals surface area contributed by atoms with Crippen molar-refractivity contribution in [3.63, 3.8) is 0 Å². The molecule has 0 saturated heterocycles. The summed E-state index contributed by atoms with van der Waals surface area (Å²) in [6, 6.07) is 7.76. The molecule has 0 radical (unpaired) electrons. The second kappa shape index (κ2) is 8.41. The molecule has 1 rings (SSSR count). The van der Waals surface area contributed by atoms with Crippen LogP contribution in [-0.4, -0.2) is 24.3 Å². The van der Waals surface area contributed by atoms with Gasteiger partial charge in [0, 0.05) is 13.0 Å². The Labute approximate surface area is 132 Å². The van der Waals surface area contributed by atoms with Gasteiger partial charge in [0.25, 0.3) is 0 Å². The van der Waals surface area contributed by atoms with E-state index in [4.69, 9.17) is 9.47 Å². The highest BCUT2D eigenvalue weighted by atomic mass is 16.6. The maximum atomic E-state index is 11.6. The molecule has 1 N–H and O–H groups in total. The Bertz CT molecular complexity index is 488. The Hall–Kier alpha value is -2.04. The minimum atomic E-state index is -0.499. The number of carbonyl (C=O) groups excluding carboxylic acids is 2. The highest BCUT2D eigenvalue weighted by Crippen LogP contribution is 2.09. The fourth-order valence-corrected chi connectivity index (χ4v) is 1.79. The summed E-state index contributed by atoms with van der Waals surface area (Å²) < 4.78 is 10.1.